The third kappa shape index (κ3) is 2.48. The molecular formula is C12H19N. The number of nitrogens with two attached hydrogens (primary N) is 1. The average Bonchev–Trinajstić information content (AvgIpc) is 2.09. The predicted molar refractivity (Wildman–Crippen MR) is 58.7 cm³/mol. The van der Waals surface area contributed by atoms with E-state index in [1.807, 2.05) is 12.1 Å². The highest BCUT2D eigenvalue weighted by Gasteiger charge is 2.12. The third-order valence-electron chi connectivity index (χ3n) is 2.61. The monoisotopic (exact) mass is 177 g/mol. The van der Waals surface area contributed by atoms with E-state index in [9.17, 15) is 0 Å². The van der Waals surface area contributed by atoms with Crippen molar-refractivity contribution in [2.45, 2.75) is 33.1 Å². The van der Waals surface area contributed by atoms with Gasteiger partial charge in [-0.25, -0.2) is 0 Å². The molecular weight excluding hydrogens is 158 g/mol. The van der Waals surface area contributed by atoms with Crippen LogP contribution in [0.15, 0.2) is 24.3 Å². The lowest BCUT2D eigenvalue weighted by Gasteiger charge is -2.19. The van der Waals surface area contributed by atoms with Gasteiger partial charge in [-0.3, -0.25) is 0 Å². The van der Waals surface area contributed by atoms with E-state index in [0.29, 0.717) is 11.8 Å². The minimum atomic E-state index is 0.667. The summed E-state index contributed by atoms with van der Waals surface area (Å²) in [5.74, 6) is 1.37. The summed E-state index contributed by atoms with van der Waals surface area (Å²) < 4.78 is 0. The molecule has 0 aliphatic carbocycles. The summed E-state index contributed by atoms with van der Waals surface area (Å²) in [5, 5.41) is 0. The van der Waals surface area contributed by atoms with Crippen molar-refractivity contribution in [2.24, 2.45) is 5.92 Å². The number of anilines is 1. The Balaban J connectivity index is 2.86. The topological polar surface area (TPSA) is 26.0 Å². The van der Waals surface area contributed by atoms with Crippen molar-refractivity contribution < 1.29 is 0 Å². The van der Waals surface area contributed by atoms with E-state index in [2.05, 4.69) is 32.9 Å². The minimum absolute atomic E-state index is 0.667. The molecule has 1 aromatic rings. The Morgan fingerprint density at radius 2 is 1.69 bits per heavy atom. The van der Waals surface area contributed by atoms with Crippen molar-refractivity contribution in [3.63, 3.8) is 0 Å². The highest BCUT2D eigenvalue weighted by atomic mass is 14.5. The first-order valence-electron chi connectivity index (χ1n) is 5.00. The normalized spacial score (nSPS) is 13.2. The van der Waals surface area contributed by atoms with Crippen LogP contribution in [-0.2, 0) is 0 Å². The molecule has 2 N–H and O–H groups in total. The fourth-order valence-corrected chi connectivity index (χ4v) is 1.84. The Morgan fingerprint density at radius 1 is 1.15 bits per heavy atom. The molecule has 1 atom stereocenters. The smallest absolute Gasteiger partial charge is 0.0314 e. The summed E-state index contributed by atoms with van der Waals surface area (Å²) in [6, 6.07) is 8.26. The number of nitrogen functional groups attached to an aromatic ring is 1. The summed E-state index contributed by atoms with van der Waals surface area (Å²) in [4.78, 5) is 0. The second-order valence-corrected chi connectivity index (χ2v) is 3.93. The second kappa shape index (κ2) is 4.31. The standard InChI is InChI=1S/C12H19N/c1-4-12(9(2)3)10-5-7-11(13)8-6-10/h5-9,12H,4,13H2,1-3H3/t12-/m0/s1. The quantitative estimate of drug-likeness (QED) is 0.703. The molecule has 0 aromatic heterocycles. The van der Waals surface area contributed by atoms with Crippen LogP contribution in [0.5, 0.6) is 0 Å². The van der Waals surface area contributed by atoms with Gasteiger partial charge in [0, 0.05) is 5.69 Å². The zero-order valence-corrected chi connectivity index (χ0v) is 8.75. The molecule has 0 spiro atoms. The molecule has 72 valence electrons. The molecule has 1 heteroatoms. The van der Waals surface area contributed by atoms with Gasteiger partial charge in [-0.05, 0) is 36.0 Å². The van der Waals surface area contributed by atoms with Gasteiger partial charge in [0.05, 0.1) is 0 Å². The van der Waals surface area contributed by atoms with Gasteiger partial charge in [0.25, 0.3) is 0 Å². The molecule has 0 heterocycles. The molecule has 0 radical (unpaired) electrons. The van der Waals surface area contributed by atoms with Gasteiger partial charge in [-0.1, -0.05) is 32.9 Å². The Morgan fingerprint density at radius 3 is 2.08 bits per heavy atom. The first kappa shape index (κ1) is 10.1. The molecule has 0 saturated carbocycles. The molecule has 13 heavy (non-hydrogen) atoms. The van der Waals surface area contributed by atoms with E-state index in [0.717, 1.165) is 5.69 Å². The number of hydrogen-bond donors (Lipinski definition) is 1. The van der Waals surface area contributed by atoms with Gasteiger partial charge in [0.2, 0.25) is 0 Å². The Bertz CT molecular complexity index is 248. The number of hydrogen-bond acceptors (Lipinski definition) is 1. The van der Waals surface area contributed by atoms with Gasteiger partial charge < -0.3 is 5.73 Å². The zero-order chi connectivity index (χ0) is 9.84. The Labute approximate surface area is 81.0 Å². The van der Waals surface area contributed by atoms with Crippen LogP contribution < -0.4 is 5.73 Å². The summed E-state index contributed by atoms with van der Waals surface area (Å²) in [6.07, 6.45) is 1.20. The lowest BCUT2D eigenvalue weighted by Crippen LogP contribution is -2.05. The summed E-state index contributed by atoms with van der Waals surface area (Å²) in [5.41, 5.74) is 7.90. The molecule has 1 rings (SSSR count). The van der Waals surface area contributed by atoms with Crippen LogP contribution in [0.2, 0.25) is 0 Å². The van der Waals surface area contributed by atoms with E-state index < -0.39 is 0 Å². The lowest BCUT2D eigenvalue weighted by atomic mass is 9.86. The van der Waals surface area contributed by atoms with Gasteiger partial charge in [0.1, 0.15) is 0 Å². The fraction of sp³-hybridized carbons (Fsp3) is 0.500. The molecule has 0 fully saturated rings. The van der Waals surface area contributed by atoms with Crippen LogP contribution in [0.1, 0.15) is 38.7 Å². The molecule has 0 amide bonds. The fourth-order valence-electron chi connectivity index (χ4n) is 1.84. The average molecular weight is 177 g/mol. The SMILES string of the molecule is CC[C@H](c1ccc(N)cc1)C(C)C. The van der Waals surface area contributed by atoms with E-state index in [-0.39, 0.29) is 0 Å². The number of rotatable bonds is 3. The van der Waals surface area contributed by atoms with Crippen LogP contribution in [0.4, 0.5) is 5.69 Å². The third-order valence-corrected chi connectivity index (χ3v) is 2.61. The maximum Gasteiger partial charge on any atom is 0.0314 e. The second-order valence-electron chi connectivity index (χ2n) is 3.93. The van der Waals surface area contributed by atoms with Crippen LogP contribution in [-0.4, -0.2) is 0 Å². The van der Waals surface area contributed by atoms with Crippen molar-refractivity contribution in [1.82, 2.24) is 0 Å². The van der Waals surface area contributed by atoms with E-state index in [1.54, 1.807) is 0 Å². The van der Waals surface area contributed by atoms with Crippen molar-refractivity contribution in [3.8, 4) is 0 Å². The predicted octanol–water partition coefficient (Wildman–Crippen LogP) is 3.42. The van der Waals surface area contributed by atoms with Gasteiger partial charge >= 0.3 is 0 Å². The molecule has 0 bridgehead atoms. The first-order valence-corrected chi connectivity index (χ1v) is 5.00. The number of benzene rings is 1. The first-order chi connectivity index (χ1) is 6.15. The van der Waals surface area contributed by atoms with E-state index in [1.165, 1.54) is 12.0 Å². The molecule has 1 nitrogen and oxygen atoms in total. The minimum Gasteiger partial charge on any atom is -0.399 e. The highest BCUT2D eigenvalue weighted by Crippen LogP contribution is 2.27. The Kier molecular flexibility index (Phi) is 3.35. The van der Waals surface area contributed by atoms with Crippen molar-refractivity contribution in [1.29, 1.82) is 0 Å². The van der Waals surface area contributed by atoms with Crippen LogP contribution in [0.25, 0.3) is 0 Å². The molecule has 0 aliphatic rings. The van der Waals surface area contributed by atoms with Crippen molar-refractivity contribution in [3.05, 3.63) is 29.8 Å². The zero-order valence-electron chi connectivity index (χ0n) is 8.75. The van der Waals surface area contributed by atoms with Crippen molar-refractivity contribution >= 4 is 5.69 Å². The maximum absolute atomic E-state index is 5.64. The van der Waals surface area contributed by atoms with Crippen molar-refractivity contribution in [2.75, 3.05) is 5.73 Å². The van der Waals surface area contributed by atoms with E-state index in [4.69, 9.17) is 5.73 Å². The summed E-state index contributed by atoms with van der Waals surface area (Å²) in [7, 11) is 0. The van der Waals surface area contributed by atoms with Gasteiger partial charge in [0.15, 0.2) is 0 Å². The maximum atomic E-state index is 5.64. The largest absolute Gasteiger partial charge is 0.399 e. The van der Waals surface area contributed by atoms with Crippen LogP contribution >= 0.6 is 0 Å². The van der Waals surface area contributed by atoms with Gasteiger partial charge in [-0.2, -0.15) is 0 Å². The molecule has 0 saturated heterocycles. The highest BCUT2D eigenvalue weighted by molar-refractivity contribution is 5.40. The van der Waals surface area contributed by atoms with Crippen LogP contribution in [0.3, 0.4) is 0 Å². The summed E-state index contributed by atoms with van der Waals surface area (Å²) >= 11 is 0. The Hall–Kier alpha value is -0.980. The van der Waals surface area contributed by atoms with Gasteiger partial charge in [-0.15, -0.1) is 0 Å². The molecule has 0 aliphatic heterocycles. The van der Waals surface area contributed by atoms with Crippen LogP contribution in [0, 0.1) is 5.92 Å². The lowest BCUT2D eigenvalue weighted by molar-refractivity contribution is 0.485. The summed E-state index contributed by atoms with van der Waals surface area (Å²) in [6.45, 7) is 6.77. The molecule has 0 unspecified atom stereocenters. The van der Waals surface area contributed by atoms with E-state index >= 15 is 0 Å². The molecule has 1 aromatic carbocycles.